The Morgan fingerprint density at radius 1 is 1.25 bits per heavy atom. The highest BCUT2D eigenvalue weighted by Crippen LogP contribution is 2.31. The third kappa shape index (κ3) is 2.88. The van der Waals surface area contributed by atoms with Crippen molar-refractivity contribution in [2.75, 3.05) is 6.79 Å². The molecule has 0 saturated heterocycles. The van der Waals surface area contributed by atoms with Gasteiger partial charge in [-0.05, 0) is 46.9 Å². The predicted octanol–water partition coefficient (Wildman–Crippen LogP) is 3.88. The summed E-state index contributed by atoms with van der Waals surface area (Å²) in [6.07, 6.45) is 0. The standard InChI is InChI=1S/C15H12FIO3/c16-12-5-10-7-18-9-20-15(10)11(6-12)8-19-14-4-2-1-3-13(14)17/h1-6H,7-9H2. The molecule has 1 aliphatic heterocycles. The van der Waals surface area contributed by atoms with Crippen molar-refractivity contribution >= 4 is 22.6 Å². The molecule has 0 unspecified atom stereocenters. The van der Waals surface area contributed by atoms with Gasteiger partial charge in [-0.2, -0.15) is 0 Å². The van der Waals surface area contributed by atoms with E-state index in [9.17, 15) is 4.39 Å². The molecule has 0 N–H and O–H groups in total. The third-order valence-corrected chi connectivity index (χ3v) is 3.86. The summed E-state index contributed by atoms with van der Waals surface area (Å²) in [5, 5.41) is 0. The number of rotatable bonds is 3. The monoisotopic (exact) mass is 386 g/mol. The molecule has 104 valence electrons. The van der Waals surface area contributed by atoms with Crippen molar-refractivity contribution in [2.24, 2.45) is 0 Å². The van der Waals surface area contributed by atoms with Crippen LogP contribution in [-0.2, 0) is 18.0 Å². The van der Waals surface area contributed by atoms with Crippen LogP contribution in [0.2, 0.25) is 0 Å². The van der Waals surface area contributed by atoms with Gasteiger partial charge in [0.15, 0.2) is 6.79 Å². The quantitative estimate of drug-likeness (QED) is 0.750. The van der Waals surface area contributed by atoms with Gasteiger partial charge in [0.2, 0.25) is 0 Å². The Labute approximate surface area is 129 Å². The molecular formula is C15H12FIO3. The van der Waals surface area contributed by atoms with Gasteiger partial charge in [0.1, 0.15) is 23.9 Å². The van der Waals surface area contributed by atoms with E-state index in [2.05, 4.69) is 22.6 Å². The number of ether oxygens (including phenoxy) is 3. The van der Waals surface area contributed by atoms with Gasteiger partial charge in [0, 0.05) is 11.1 Å². The molecule has 0 radical (unpaired) electrons. The first kappa shape index (κ1) is 13.6. The first-order valence-corrected chi connectivity index (χ1v) is 7.21. The van der Waals surface area contributed by atoms with Crippen molar-refractivity contribution in [3.05, 3.63) is 56.9 Å². The van der Waals surface area contributed by atoms with Crippen LogP contribution in [0.4, 0.5) is 4.39 Å². The molecule has 0 bridgehead atoms. The fraction of sp³-hybridized carbons (Fsp3) is 0.200. The maximum absolute atomic E-state index is 13.6. The van der Waals surface area contributed by atoms with Gasteiger partial charge in [-0.1, -0.05) is 12.1 Å². The fourth-order valence-electron chi connectivity index (χ4n) is 2.08. The molecule has 0 saturated carbocycles. The zero-order chi connectivity index (χ0) is 13.9. The van der Waals surface area contributed by atoms with Gasteiger partial charge >= 0.3 is 0 Å². The average molecular weight is 386 g/mol. The van der Waals surface area contributed by atoms with Crippen LogP contribution in [0, 0.1) is 9.39 Å². The molecule has 0 fully saturated rings. The van der Waals surface area contributed by atoms with Crippen LogP contribution in [0.5, 0.6) is 11.5 Å². The molecule has 2 aromatic rings. The molecule has 0 spiro atoms. The second-order valence-electron chi connectivity index (χ2n) is 4.38. The van der Waals surface area contributed by atoms with Crippen molar-refractivity contribution in [1.82, 2.24) is 0 Å². The molecule has 1 heterocycles. The maximum atomic E-state index is 13.6. The lowest BCUT2D eigenvalue weighted by atomic mass is 10.1. The molecule has 1 aliphatic rings. The number of hydrogen-bond acceptors (Lipinski definition) is 3. The van der Waals surface area contributed by atoms with Gasteiger partial charge in [0.25, 0.3) is 0 Å². The topological polar surface area (TPSA) is 27.7 Å². The predicted molar refractivity (Wildman–Crippen MR) is 80.2 cm³/mol. The molecule has 0 amide bonds. The number of hydrogen-bond donors (Lipinski definition) is 0. The van der Waals surface area contributed by atoms with E-state index < -0.39 is 0 Å². The summed E-state index contributed by atoms with van der Waals surface area (Å²) in [5.41, 5.74) is 1.42. The largest absolute Gasteiger partial charge is 0.488 e. The minimum absolute atomic E-state index is 0.189. The minimum atomic E-state index is -0.306. The molecule has 0 atom stereocenters. The Morgan fingerprint density at radius 3 is 2.95 bits per heavy atom. The highest BCUT2D eigenvalue weighted by atomic mass is 127. The summed E-state index contributed by atoms with van der Waals surface area (Å²) < 4.78 is 31.0. The SMILES string of the molecule is Fc1cc2c(c(COc3ccccc3I)c1)OCOC2. The summed E-state index contributed by atoms with van der Waals surface area (Å²) in [6, 6.07) is 10.6. The lowest BCUT2D eigenvalue weighted by molar-refractivity contribution is -0.0178. The maximum Gasteiger partial charge on any atom is 0.189 e. The number of para-hydroxylation sites is 1. The van der Waals surface area contributed by atoms with Gasteiger partial charge < -0.3 is 14.2 Å². The second kappa shape index (κ2) is 5.97. The molecule has 20 heavy (non-hydrogen) atoms. The summed E-state index contributed by atoms with van der Waals surface area (Å²) in [5.74, 6) is 1.14. The van der Waals surface area contributed by atoms with Gasteiger partial charge in [0.05, 0.1) is 10.2 Å². The molecule has 3 nitrogen and oxygen atoms in total. The van der Waals surface area contributed by atoms with E-state index in [0.717, 1.165) is 14.9 Å². The van der Waals surface area contributed by atoms with Crippen LogP contribution in [0.1, 0.15) is 11.1 Å². The molecule has 3 rings (SSSR count). The first-order valence-electron chi connectivity index (χ1n) is 6.13. The van der Waals surface area contributed by atoms with Crippen LogP contribution in [0.3, 0.4) is 0 Å². The van der Waals surface area contributed by atoms with Crippen molar-refractivity contribution in [2.45, 2.75) is 13.2 Å². The Bertz CT molecular complexity index is 631. The molecule has 5 heteroatoms. The van der Waals surface area contributed by atoms with Crippen LogP contribution in [0.15, 0.2) is 36.4 Å². The van der Waals surface area contributed by atoms with Gasteiger partial charge in [-0.15, -0.1) is 0 Å². The second-order valence-corrected chi connectivity index (χ2v) is 5.55. The Balaban J connectivity index is 1.84. The number of benzene rings is 2. The van der Waals surface area contributed by atoms with E-state index in [4.69, 9.17) is 14.2 Å². The van der Waals surface area contributed by atoms with E-state index >= 15 is 0 Å². The smallest absolute Gasteiger partial charge is 0.189 e. The van der Waals surface area contributed by atoms with Crippen molar-refractivity contribution in [3.63, 3.8) is 0 Å². The highest BCUT2D eigenvalue weighted by molar-refractivity contribution is 14.1. The lowest BCUT2D eigenvalue weighted by Crippen LogP contribution is -2.14. The summed E-state index contributed by atoms with van der Waals surface area (Å²) >= 11 is 2.20. The molecular weight excluding hydrogens is 374 g/mol. The van der Waals surface area contributed by atoms with E-state index in [1.807, 2.05) is 24.3 Å². The van der Waals surface area contributed by atoms with Gasteiger partial charge in [-0.25, -0.2) is 4.39 Å². The van der Waals surface area contributed by atoms with Crippen LogP contribution < -0.4 is 9.47 Å². The van der Waals surface area contributed by atoms with Crippen LogP contribution >= 0.6 is 22.6 Å². The molecule has 2 aromatic carbocycles. The van der Waals surface area contributed by atoms with Gasteiger partial charge in [-0.3, -0.25) is 0 Å². The zero-order valence-electron chi connectivity index (χ0n) is 10.6. The fourth-order valence-corrected chi connectivity index (χ4v) is 2.62. The first-order chi connectivity index (χ1) is 9.74. The summed E-state index contributed by atoms with van der Waals surface area (Å²) in [4.78, 5) is 0. The number of halogens is 2. The van der Waals surface area contributed by atoms with E-state index in [0.29, 0.717) is 17.9 Å². The van der Waals surface area contributed by atoms with Crippen molar-refractivity contribution < 1.29 is 18.6 Å². The molecule has 0 aliphatic carbocycles. The van der Waals surface area contributed by atoms with E-state index in [-0.39, 0.29) is 19.2 Å². The number of fused-ring (bicyclic) bond motifs is 1. The normalized spacial score (nSPS) is 13.5. The highest BCUT2D eigenvalue weighted by Gasteiger charge is 2.17. The molecule has 0 aromatic heterocycles. The Morgan fingerprint density at radius 2 is 2.10 bits per heavy atom. The lowest BCUT2D eigenvalue weighted by Gasteiger charge is -2.21. The average Bonchev–Trinajstić information content (AvgIpc) is 2.46. The van der Waals surface area contributed by atoms with Crippen molar-refractivity contribution in [1.29, 1.82) is 0 Å². The van der Waals surface area contributed by atoms with E-state index in [1.165, 1.54) is 12.1 Å². The Kier molecular flexibility index (Phi) is 4.07. The van der Waals surface area contributed by atoms with Crippen LogP contribution in [0.25, 0.3) is 0 Å². The third-order valence-electron chi connectivity index (χ3n) is 2.97. The summed E-state index contributed by atoms with van der Waals surface area (Å²) in [6.45, 7) is 0.817. The zero-order valence-corrected chi connectivity index (χ0v) is 12.7. The Hall–Kier alpha value is -1.34. The minimum Gasteiger partial charge on any atom is -0.488 e. The summed E-state index contributed by atoms with van der Waals surface area (Å²) in [7, 11) is 0. The van der Waals surface area contributed by atoms with E-state index in [1.54, 1.807) is 0 Å². The van der Waals surface area contributed by atoms with Crippen LogP contribution in [-0.4, -0.2) is 6.79 Å². The van der Waals surface area contributed by atoms with Crippen molar-refractivity contribution in [3.8, 4) is 11.5 Å².